The minimum Gasteiger partial charge on any atom is -0.357 e. The lowest BCUT2D eigenvalue weighted by Crippen LogP contribution is -2.29. The van der Waals surface area contributed by atoms with Gasteiger partial charge in [0.15, 0.2) is 0 Å². The quantitative estimate of drug-likeness (QED) is 0.529. The standard InChI is InChI=1S/C22H31N5O2/c28-21(20-8-6-13-24-20)27-16-11-18(17-27)7-4-2-1-3-5-12-25-22(29)26-19-9-14-23-15-10-19/h6,8-10,13-15,18,24H,1-5,7,11-12,16-17H2,(H2,23,25,26,29). The zero-order valence-electron chi connectivity index (χ0n) is 16.9. The number of hydrogen-bond donors (Lipinski definition) is 3. The molecule has 1 unspecified atom stereocenters. The van der Waals surface area contributed by atoms with Crippen molar-refractivity contribution < 1.29 is 9.59 Å². The smallest absolute Gasteiger partial charge is 0.319 e. The molecule has 156 valence electrons. The summed E-state index contributed by atoms with van der Waals surface area (Å²) in [5, 5.41) is 5.67. The summed E-state index contributed by atoms with van der Waals surface area (Å²) in [5.74, 6) is 0.755. The summed E-state index contributed by atoms with van der Waals surface area (Å²) in [7, 11) is 0. The molecule has 0 saturated carbocycles. The third-order valence-corrected chi connectivity index (χ3v) is 5.41. The Morgan fingerprint density at radius 3 is 2.69 bits per heavy atom. The first kappa shape index (κ1) is 20.9. The number of nitrogens with zero attached hydrogens (tertiary/aromatic N) is 2. The van der Waals surface area contributed by atoms with Crippen LogP contribution >= 0.6 is 0 Å². The van der Waals surface area contributed by atoms with Crippen LogP contribution in [0.2, 0.25) is 0 Å². The summed E-state index contributed by atoms with van der Waals surface area (Å²) in [5.41, 5.74) is 1.44. The molecule has 0 bridgehead atoms. The van der Waals surface area contributed by atoms with Crippen LogP contribution < -0.4 is 10.6 Å². The summed E-state index contributed by atoms with van der Waals surface area (Å²) in [6, 6.07) is 7.06. The normalized spacial score (nSPS) is 16.0. The van der Waals surface area contributed by atoms with Gasteiger partial charge in [-0.3, -0.25) is 9.78 Å². The van der Waals surface area contributed by atoms with E-state index in [1.165, 1.54) is 25.7 Å². The summed E-state index contributed by atoms with van der Waals surface area (Å²) in [4.78, 5) is 33.0. The molecule has 7 heteroatoms. The Bertz CT molecular complexity index is 748. The number of amides is 3. The van der Waals surface area contributed by atoms with Gasteiger partial charge in [0.1, 0.15) is 5.69 Å². The second-order valence-corrected chi connectivity index (χ2v) is 7.66. The minimum atomic E-state index is -0.170. The van der Waals surface area contributed by atoms with Gasteiger partial charge in [-0.05, 0) is 49.4 Å². The number of hydrogen-bond acceptors (Lipinski definition) is 3. The van der Waals surface area contributed by atoms with Crippen LogP contribution in [0.1, 0.15) is 55.4 Å². The number of aromatic nitrogens is 2. The molecule has 3 amide bonds. The van der Waals surface area contributed by atoms with Crippen molar-refractivity contribution in [3.05, 3.63) is 48.5 Å². The maximum atomic E-state index is 12.3. The molecule has 1 atom stereocenters. The average Bonchev–Trinajstić information content (AvgIpc) is 3.42. The van der Waals surface area contributed by atoms with E-state index in [0.717, 1.165) is 38.0 Å². The van der Waals surface area contributed by atoms with Crippen molar-refractivity contribution in [1.82, 2.24) is 20.2 Å². The first-order valence-electron chi connectivity index (χ1n) is 10.6. The van der Waals surface area contributed by atoms with Gasteiger partial charge in [-0.25, -0.2) is 4.79 Å². The fourth-order valence-electron chi connectivity index (χ4n) is 3.79. The number of anilines is 1. The molecule has 1 aliphatic rings. The van der Waals surface area contributed by atoms with Crippen molar-refractivity contribution in [2.24, 2.45) is 5.92 Å². The Labute approximate surface area is 172 Å². The number of unbranched alkanes of at least 4 members (excludes halogenated alkanes) is 4. The van der Waals surface area contributed by atoms with Crippen LogP contribution in [-0.4, -0.2) is 46.4 Å². The molecule has 0 spiro atoms. The molecule has 2 aromatic heterocycles. The number of carbonyl (C=O) groups excluding carboxylic acids is 2. The molecule has 7 nitrogen and oxygen atoms in total. The van der Waals surface area contributed by atoms with Gasteiger partial charge in [-0.15, -0.1) is 0 Å². The number of aromatic amines is 1. The monoisotopic (exact) mass is 397 g/mol. The predicted molar refractivity (Wildman–Crippen MR) is 114 cm³/mol. The van der Waals surface area contributed by atoms with Crippen molar-refractivity contribution in [3.63, 3.8) is 0 Å². The van der Waals surface area contributed by atoms with Gasteiger partial charge in [0, 0.05) is 43.9 Å². The molecule has 2 aromatic rings. The highest BCUT2D eigenvalue weighted by atomic mass is 16.2. The summed E-state index contributed by atoms with van der Waals surface area (Å²) < 4.78 is 0. The molecular weight excluding hydrogens is 366 g/mol. The Balaban J connectivity index is 1.17. The van der Waals surface area contributed by atoms with Crippen molar-refractivity contribution in [2.45, 2.75) is 44.9 Å². The molecule has 29 heavy (non-hydrogen) atoms. The van der Waals surface area contributed by atoms with Crippen LogP contribution in [0.25, 0.3) is 0 Å². The molecule has 3 heterocycles. The van der Waals surface area contributed by atoms with E-state index in [2.05, 4.69) is 20.6 Å². The predicted octanol–water partition coefficient (Wildman–Crippen LogP) is 4.03. The summed E-state index contributed by atoms with van der Waals surface area (Å²) in [6.45, 7) is 2.44. The second-order valence-electron chi connectivity index (χ2n) is 7.66. The summed E-state index contributed by atoms with van der Waals surface area (Å²) in [6.07, 6.45) is 13.1. The van der Waals surface area contributed by atoms with Crippen LogP contribution in [0.3, 0.4) is 0 Å². The lowest BCUT2D eigenvalue weighted by atomic mass is 10.00. The minimum absolute atomic E-state index is 0.123. The van der Waals surface area contributed by atoms with E-state index in [9.17, 15) is 9.59 Å². The molecule has 1 aliphatic heterocycles. The number of rotatable bonds is 10. The number of urea groups is 1. The highest BCUT2D eigenvalue weighted by molar-refractivity contribution is 5.92. The second kappa shape index (κ2) is 11.2. The third kappa shape index (κ3) is 6.93. The van der Waals surface area contributed by atoms with Gasteiger partial charge in [-0.1, -0.05) is 25.7 Å². The van der Waals surface area contributed by atoms with Gasteiger partial charge in [0.25, 0.3) is 5.91 Å². The maximum absolute atomic E-state index is 12.3. The van der Waals surface area contributed by atoms with Crippen LogP contribution in [0.5, 0.6) is 0 Å². The number of H-pyrrole nitrogens is 1. The third-order valence-electron chi connectivity index (χ3n) is 5.41. The van der Waals surface area contributed by atoms with Gasteiger partial charge in [0.05, 0.1) is 0 Å². The SMILES string of the molecule is O=C(NCCCCCCCC1CCN(C(=O)c2ccc[nH]2)C1)Nc1ccncc1. The van der Waals surface area contributed by atoms with Gasteiger partial charge in [0.2, 0.25) is 0 Å². The number of likely N-dealkylation sites (tertiary alicyclic amines) is 1. The van der Waals surface area contributed by atoms with Crippen LogP contribution in [0, 0.1) is 5.92 Å². The molecule has 1 saturated heterocycles. The van der Waals surface area contributed by atoms with Crippen LogP contribution in [0.4, 0.5) is 10.5 Å². The fraction of sp³-hybridized carbons (Fsp3) is 0.500. The first-order chi connectivity index (χ1) is 14.2. The molecule has 0 radical (unpaired) electrons. The molecule has 0 aliphatic carbocycles. The zero-order valence-corrected chi connectivity index (χ0v) is 16.9. The molecule has 3 N–H and O–H groups in total. The molecule has 0 aromatic carbocycles. The molecule has 3 rings (SSSR count). The topological polar surface area (TPSA) is 90.1 Å². The van der Waals surface area contributed by atoms with E-state index in [0.29, 0.717) is 18.2 Å². The maximum Gasteiger partial charge on any atom is 0.319 e. The number of carbonyl (C=O) groups is 2. The Morgan fingerprint density at radius 2 is 1.90 bits per heavy atom. The van der Waals surface area contributed by atoms with Crippen LogP contribution in [0.15, 0.2) is 42.9 Å². The van der Waals surface area contributed by atoms with Gasteiger partial charge >= 0.3 is 6.03 Å². The highest BCUT2D eigenvalue weighted by Crippen LogP contribution is 2.23. The average molecular weight is 398 g/mol. The van der Waals surface area contributed by atoms with Crippen molar-refractivity contribution in [2.75, 3.05) is 25.0 Å². The van der Waals surface area contributed by atoms with Crippen molar-refractivity contribution in [3.8, 4) is 0 Å². The largest absolute Gasteiger partial charge is 0.357 e. The lowest BCUT2D eigenvalue weighted by molar-refractivity contribution is 0.0781. The fourth-order valence-corrected chi connectivity index (χ4v) is 3.79. The number of nitrogens with one attached hydrogen (secondary N) is 3. The first-order valence-corrected chi connectivity index (χ1v) is 10.6. The molecular formula is C22H31N5O2. The van der Waals surface area contributed by atoms with E-state index in [1.54, 1.807) is 30.7 Å². The van der Waals surface area contributed by atoms with Gasteiger partial charge in [-0.2, -0.15) is 0 Å². The number of pyridine rings is 1. The van der Waals surface area contributed by atoms with E-state index in [-0.39, 0.29) is 11.9 Å². The Morgan fingerprint density at radius 1 is 1.10 bits per heavy atom. The summed E-state index contributed by atoms with van der Waals surface area (Å²) >= 11 is 0. The van der Waals surface area contributed by atoms with Gasteiger partial charge < -0.3 is 20.5 Å². The Kier molecular flexibility index (Phi) is 8.10. The van der Waals surface area contributed by atoms with E-state index in [4.69, 9.17) is 0 Å². The van der Waals surface area contributed by atoms with E-state index < -0.39 is 0 Å². The van der Waals surface area contributed by atoms with Crippen molar-refractivity contribution in [1.29, 1.82) is 0 Å². The highest BCUT2D eigenvalue weighted by Gasteiger charge is 2.26. The van der Waals surface area contributed by atoms with E-state index >= 15 is 0 Å². The van der Waals surface area contributed by atoms with Crippen LogP contribution in [-0.2, 0) is 0 Å². The van der Waals surface area contributed by atoms with E-state index in [1.807, 2.05) is 17.0 Å². The lowest BCUT2D eigenvalue weighted by Gasteiger charge is -2.15. The Hall–Kier alpha value is -2.83. The van der Waals surface area contributed by atoms with Crippen molar-refractivity contribution >= 4 is 17.6 Å². The molecule has 1 fully saturated rings. The zero-order chi connectivity index (χ0) is 20.3.